The van der Waals surface area contributed by atoms with Gasteiger partial charge in [0.15, 0.2) is 11.5 Å². The second-order valence-corrected chi connectivity index (χ2v) is 8.50. The highest BCUT2D eigenvalue weighted by atomic mass is 19.4. The van der Waals surface area contributed by atoms with Crippen LogP contribution in [0.25, 0.3) is 22.6 Å². The third kappa shape index (κ3) is 3.56. The molecule has 2 N–H and O–H groups in total. The van der Waals surface area contributed by atoms with Gasteiger partial charge in [-0.05, 0) is 19.4 Å². The van der Waals surface area contributed by atoms with Crippen molar-refractivity contribution in [2.75, 3.05) is 10.6 Å². The van der Waals surface area contributed by atoms with Crippen LogP contribution < -0.4 is 10.6 Å². The normalized spacial score (nSPS) is 20.0. The Morgan fingerprint density at radius 1 is 1.11 bits per heavy atom. The first-order valence-corrected chi connectivity index (χ1v) is 10.3. The molecule has 0 saturated heterocycles. The fourth-order valence-electron chi connectivity index (χ4n) is 4.17. The van der Waals surface area contributed by atoms with Crippen LogP contribution in [0.4, 0.5) is 38.0 Å². The van der Waals surface area contributed by atoms with Crippen molar-refractivity contribution in [2.45, 2.75) is 50.2 Å². The number of halogens is 6. The minimum absolute atomic E-state index is 0.0176. The van der Waals surface area contributed by atoms with E-state index in [2.05, 4.69) is 30.7 Å². The lowest BCUT2D eigenvalue weighted by molar-refractivity contribution is -0.285. The highest BCUT2D eigenvalue weighted by molar-refractivity contribution is 6.09. The Labute approximate surface area is 191 Å². The molecule has 0 aromatic carbocycles. The van der Waals surface area contributed by atoms with Gasteiger partial charge in [-0.3, -0.25) is 9.59 Å². The van der Waals surface area contributed by atoms with Crippen molar-refractivity contribution in [3.8, 4) is 11.5 Å². The fourth-order valence-corrected chi connectivity index (χ4v) is 4.17. The summed E-state index contributed by atoms with van der Waals surface area (Å²) in [4.78, 5) is 37.2. The third-order valence-electron chi connectivity index (χ3n) is 6.12. The average Bonchev–Trinajstić information content (AvgIpc) is 3.19. The summed E-state index contributed by atoms with van der Waals surface area (Å²) in [6.45, 7) is 0.732. The number of nitrogens with zero attached hydrogens (tertiary/aromatic N) is 5. The highest BCUT2D eigenvalue weighted by Crippen LogP contribution is 2.46. The van der Waals surface area contributed by atoms with Crippen molar-refractivity contribution in [3.63, 3.8) is 0 Å². The van der Waals surface area contributed by atoms with E-state index in [1.807, 2.05) is 0 Å². The number of alkyl halides is 5. The van der Waals surface area contributed by atoms with E-state index in [4.69, 9.17) is 0 Å². The lowest BCUT2D eigenvalue weighted by Gasteiger charge is -2.19. The largest absolute Gasteiger partial charge is 0.453 e. The van der Waals surface area contributed by atoms with Crippen LogP contribution in [0.5, 0.6) is 0 Å². The molecule has 0 radical (unpaired) electrons. The SMILES string of the molecule is C[C@@]12CCC(=O)Nc3nc(-c4nn(CCC(F)(F)C(F)(F)F)c5ncc(F)cc45)nc(c31)NC2=O. The first-order chi connectivity index (χ1) is 16.3. The van der Waals surface area contributed by atoms with Gasteiger partial charge in [-0.15, -0.1) is 0 Å². The predicted octanol–water partition coefficient (Wildman–Crippen LogP) is 3.56. The van der Waals surface area contributed by atoms with Gasteiger partial charge in [0.25, 0.3) is 0 Å². The molecule has 2 aliphatic rings. The number of amides is 2. The summed E-state index contributed by atoms with van der Waals surface area (Å²) < 4.78 is 79.6. The van der Waals surface area contributed by atoms with E-state index < -0.39 is 48.1 Å². The quantitative estimate of drug-likeness (QED) is 0.531. The van der Waals surface area contributed by atoms with E-state index in [1.165, 1.54) is 0 Å². The number of aryl methyl sites for hydroxylation is 1. The molecule has 0 fully saturated rings. The summed E-state index contributed by atoms with van der Waals surface area (Å²) in [5.74, 6) is -6.75. The zero-order valence-corrected chi connectivity index (χ0v) is 17.8. The highest BCUT2D eigenvalue weighted by Gasteiger charge is 2.57. The molecule has 3 aromatic rings. The summed E-state index contributed by atoms with van der Waals surface area (Å²) in [6.07, 6.45) is -6.39. The zero-order valence-electron chi connectivity index (χ0n) is 17.8. The van der Waals surface area contributed by atoms with Crippen molar-refractivity contribution < 1.29 is 35.9 Å². The fraction of sp³-hybridized carbons (Fsp3) is 0.400. The molecule has 0 saturated carbocycles. The van der Waals surface area contributed by atoms with Gasteiger partial charge >= 0.3 is 12.1 Å². The maximum Gasteiger partial charge on any atom is 0.453 e. The maximum absolute atomic E-state index is 14.0. The van der Waals surface area contributed by atoms with Crippen molar-refractivity contribution in [1.82, 2.24) is 24.7 Å². The molecule has 0 bridgehead atoms. The smallest absolute Gasteiger partial charge is 0.310 e. The van der Waals surface area contributed by atoms with Crippen LogP contribution >= 0.6 is 0 Å². The topological polar surface area (TPSA) is 115 Å². The van der Waals surface area contributed by atoms with E-state index in [1.54, 1.807) is 6.92 Å². The lowest BCUT2D eigenvalue weighted by Crippen LogP contribution is -2.37. The number of carbonyl (C=O) groups excluding carboxylic acids is 2. The molecule has 0 aliphatic carbocycles. The summed E-state index contributed by atoms with van der Waals surface area (Å²) in [5, 5.41) is 9.18. The van der Waals surface area contributed by atoms with E-state index in [9.17, 15) is 35.9 Å². The van der Waals surface area contributed by atoms with Gasteiger partial charge in [-0.2, -0.15) is 27.1 Å². The molecule has 0 unspecified atom stereocenters. The van der Waals surface area contributed by atoms with Gasteiger partial charge in [0.1, 0.15) is 23.1 Å². The first-order valence-electron chi connectivity index (χ1n) is 10.3. The van der Waals surface area contributed by atoms with Crippen molar-refractivity contribution >= 4 is 34.5 Å². The standard InChI is InChI=1S/C20H15F6N7O2/c1-18-3-2-10(34)28-13-11(18)14(31-17(18)35)30-15(29-13)12-9-6-8(21)7-27-16(9)33(32-12)5-4-19(22,23)20(24,25)26/h6-7H,2-5H2,1H3,(H2,28,29,30,31,34,35)/t18-/m1/s1. The molecule has 1 atom stereocenters. The summed E-state index contributed by atoms with van der Waals surface area (Å²) in [5.41, 5.74) is -1.08. The number of hydrogen-bond donors (Lipinski definition) is 2. The minimum Gasteiger partial charge on any atom is -0.310 e. The van der Waals surface area contributed by atoms with Gasteiger partial charge in [0, 0.05) is 19.4 Å². The number of carbonyl (C=O) groups is 2. The van der Waals surface area contributed by atoms with Crippen LogP contribution in [0, 0.1) is 5.82 Å². The van der Waals surface area contributed by atoms with E-state index in [-0.39, 0.29) is 47.0 Å². The molecule has 9 nitrogen and oxygen atoms in total. The molecular weight excluding hydrogens is 484 g/mol. The monoisotopic (exact) mass is 499 g/mol. The van der Waals surface area contributed by atoms with Crippen molar-refractivity contribution in [3.05, 3.63) is 23.6 Å². The molecule has 2 amide bonds. The van der Waals surface area contributed by atoms with Gasteiger partial charge in [0.2, 0.25) is 11.8 Å². The second kappa shape index (κ2) is 7.36. The van der Waals surface area contributed by atoms with Crippen molar-refractivity contribution in [2.24, 2.45) is 0 Å². The Balaban J connectivity index is 1.64. The van der Waals surface area contributed by atoms with Crippen LogP contribution in [-0.2, 0) is 21.5 Å². The number of anilines is 2. The summed E-state index contributed by atoms with van der Waals surface area (Å²) >= 11 is 0. The second-order valence-electron chi connectivity index (χ2n) is 8.50. The number of fused-ring (bicyclic) bond motifs is 1. The Hall–Kier alpha value is -3.78. The molecule has 5 rings (SSSR count). The van der Waals surface area contributed by atoms with E-state index in [0.29, 0.717) is 5.56 Å². The van der Waals surface area contributed by atoms with Crippen LogP contribution in [0.3, 0.4) is 0 Å². The predicted molar refractivity (Wildman–Crippen MR) is 108 cm³/mol. The van der Waals surface area contributed by atoms with Crippen molar-refractivity contribution in [1.29, 1.82) is 0 Å². The molecule has 184 valence electrons. The van der Waals surface area contributed by atoms with Gasteiger partial charge in [-0.25, -0.2) is 24.0 Å². The summed E-state index contributed by atoms with van der Waals surface area (Å²) in [7, 11) is 0. The maximum atomic E-state index is 14.0. The molecule has 3 aromatic heterocycles. The van der Waals surface area contributed by atoms with Crippen LogP contribution in [0.15, 0.2) is 12.3 Å². The molecule has 2 aliphatic heterocycles. The third-order valence-corrected chi connectivity index (χ3v) is 6.12. The van der Waals surface area contributed by atoms with Gasteiger partial charge < -0.3 is 10.6 Å². The molecule has 35 heavy (non-hydrogen) atoms. The Bertz CT molecular complexity index is 1400. The molecule has 0 spiro atoms. The van der Waals surface area contributed by atoms with Gasteiger partial charge in [0.05, 0.1) is 22.6 Å². The van der Waals surface area contributed by atoms with Crippen LogP contribution in [0.2, 0.25) is 0 Å². The van der Waals surface area contributed by atoms with Gasteiger partial charge in [-0.1, -0.05) is 0 Å². The molecular formula is C20H15F6N7O2. The lowest BCUT2D eigenvalue weighted by atomic mass is 9.81. The van der Waals surface area contributed by atoms with E-state index in [0.717, 1.165) is 16.9 Å². The Morgan fingerprint density at radius 2 is 1.80 bits per heavy atom. The van der Waals surface area contributed by atoms with Crippen LogP contribution in [-0.4, -0.2) is 48.6 Å². The Morgan fingerprint density at radius 3 is 2.49 bits per heavy atom. The number of pyridine rings is 1. The number of nitrogens with one attached hydrogen (secondary N) is 2. The molecule has 5 heterocycles. The summed E-state index contributed by atoms with van der Waals surface area (Å²) in [6, 6.07) is 0.957. The zero-order chi connectivity index (χ0) is 25.3. The average molecular weight is 499 g/mol. The first kappa shape index (κ1) is 23.0. The number of aromatic nitrogens is 5. The number of rotatable bonds is 4. The van der Waals surface area contributed by atoms with Crippen LogP contribution in [0.1, 0.15) is 31.7 Å². The minimum atomic E-state index is -5.76. The number of hydrogen-bond acceptors (Lipinski definition) is 6. The molecule has 15 heteroatoms. The van der Waals surface area contributed by atoms with E-state index >= 15 is 0 Å². The Kier molecular flexibility index (Phi) is 4.83.